The van der Waals surface area contributed by atoms with Crippen molar-refractivity contribution in [3.8, 4) is 22.8 Å². The molecule has 2 heterocycles. The standard InChI is InChI=1S/C29H28N2O5/c1-17-13-22(18(2)31(17)20-10-11-20)26(32)16-36-29(33)23-15-25(30-24-8-6-5-7-21(23)24)19-9-12-27(34-3)28(14-19)35-4/h5-9,12-15,20H,10-11,16H2,1-4H3. The van der Waals surface area contributed by atoms with Crippen LogP contribution in [0.3, 0.4) is 0 Å². The van der Waals surface area contributed by atoms with Gasteiger partial charge in [0.05, 0.1) is 31.0 Å². The van der Waals surface area contributed by atoms with Crippen LogP contribution in [0.15, 0.2) is 54.6 Å². The molecule has 5 rings (SSSR count). The Kier molecular flexibility index (Phi) is 6.22. The highest BCUT2D eigenvalue weighted by Crippen LogP contribution is 2.38. The van der Waals surface area contributed by atoms with Gasteiger partial charge in [0.2, 0.25) is 5.78 Å². The maximum atomic E-state index is 13.2. The van der Waals surface area contributed by atoms with Crippen LogP contribution >= 0.6 is 0 Å². The Bertz CT molecular complexity index is 1480. The smallest absolute Gasteiger partial charge is 0.339 e. The highest BCUT2D eigenvalue weighted by molar-refractivity contribution is 6.06. The molecular formula is C29H28N2O5. The van der Waals surface area contributed by atoms with E-state index in [-0.39, 0.29) is 12.4 Å². The first-order chi connectivity index (χ1) is 17.4. The monoisotopic (exact) mass is 484 g/mol. The first-order valence-corrected chi connectivity index (χ1v) is 11.9. The summed E-state index contributed by atoms with van der Waals surface area (Å²) in [6.07, 6.45) is 2.27. The molecular weight excluding hydrogens is 456 g/mol. The molecule has 4 aromatic rings. The largest absolute Gasteiger partial charge is 0.493 e. The zero-order chi connectivity index (χ0) is 25.4. The number of esters is 1. The summed E-state index contributed by atoms with van der Waals surface area (Å²) in [5.41, 5.74) is 4.94. The van der Waals surface area contributed by atoms with Gasteiger partial charge in [-0.15, -0.1) is 0 Å². The van der Waals surface area contributed by atoms with Crippen LogP contribution in [0.4, 0.5) is 0 Å². The van der Waals surface area contributed by atoms with Crippen LogP contribution in [0.1, 0.15) is 51.0 Å². The van der Waals surface area contributed by atoms with Gasteiger partial charge in [-0.05, 0) is 63.1 Å². The molecule has 1 saturated carbocycles. The van der Waals surface area contributed by atoms with E-state index in [1.54, 1.807) is 26.4 Å². The summed E-state index contributed by atoms with van der Waals surface area (Å²) in [7, 11) is 3.14. The normalized spacial score (nSPS) is 13.0. The van der Waals surface area contributed by atoms with Crippen molar-refractivity contribution in [2.75, 3.05) is 20.8 Å². The molecule has 0 aliphatic heterocycles. The van der Waals surface area contributed by atoms with Crippen LogP contribution < -0.4 is 9.47 Å². The highest BCUT2D eigenvalue weighted by Gasteiger charge is 2.28. The lowest BCUT2D eigenvalue weighted by molar-refractivity contribution is 0.0476. The van der Waals surface area contributed by atoms with Crippen LogP contribution in [0.25, 0.3) is 22.2 Å². The molecule has 0 unspecified atom stereocenters. The number of aryl methyl sites for hydroxylation is 1. The van der Waals surface area contributed by atoms with Gasteiger partial charge >= 0.3 is 5.97 Å². The van der Waals surface area contributed by atoms with Gasteiger partial charge in [-0.1, -0.05) is 18.2 Å². The number of pyridine rings is 1. The van der Waals surface area contributed by atoms with Crippen LogP contribution in [0.2, 0.25) is 0 Å². The summed E-state index contributed by atoms with van der Waals surface area (Å²) in [5.74, 6) is 0.381. The second-order valence-corrected chi connectivity index (χ2v) is 9.03. The van der Waals surface area contributed by atoms with E-state index in [2.05, 4.69) is 4.57 Å². The first kappa shape index (κ1) is 23.6. The summed E-state index contributed by atoms with van der Waals surface area (Å²) in [6, 6.07) is 16.9. The molecule has 1 aliphatic carbocycles. The Hall–Kier alpha value is -4.13. The Morgan fingerprint density at radius 3 is 2.42 bits per heavy atom. The molecule has 0 spiro atoms. The average Bonchev–Trinajstić information content (AvgIpc) is 3.69. The number of rotatable bonds is 8. The molecule has 36 heavy (non-hydrogen) atoms. The van der Waals surface area contributed by atoms with Gasteiger partial charge in [0.1, 0.15) is 0 Å². The van der Waals surface area contributed by atoms with Crippen molar-refractivity contribution in [1.29, 1.82) is 0 Å². The fraction of sp³-hybridized carbons (Fsp3) is 0.276. The quantitative estimate of drug-likeness (QED) is 0.235. The Labute approximate surface area is 209 Å². The van der Waals surface area contributed by atoms with Crippen LogP contribution in [0.5, 0.6) is 11.5 Å². The van der Waals surface area contributed by atoms with Crippen LogP contribution in [-0.2, 0) is 4.74 Å². The molecule has 1 fully saturated rings. The third-order valence-corrected chi connectivity index (χ3v) is 6.65. The fourth-order valence-electron chi connectivity index (χ4n) is 4.73. The number of carbonyl (C=O) groups is 2. The third-order valence-electron chi connectivity index (χ3n) is 6.65. The molecule has 2 aromatic heterocycles. The predicted octanol–water partition coefficient (Wildman–Crippen LogP) is 5.71. The number of ketones is 1. The SMILES string of the molecule is COc1ccc(-c2cc(C(=O)OCC(=O)c3cc(C)n(C4CC4)c3C)c3ccccc3n2)cc1OC. The Balaban J connectivity index is 1.43. The van der Waals surface area contributed by atoms with Crippen molar-refractivity contribution >= 4 is 22.7 Å². The lowest BCUT2D eigenvalue weighted by Gasteiger charge is -2.12. The minimum atomic E-state index is -0.570. The van der Waals surface area contributed by atoms with Gasteiger partial charge in [-0.3, -0.25) is 4.79 Å². The molecule has 0 saturated heterocycles. The molecule has 1 aliphatic rings. The second kappa shape index (κ2) is 9.49. The van der Waals surface area contributed by atoms with E-state index in [4.69, 9.17) is 19.2 Å². The van der Waals surface area contributed by atoms with Gasteiger partial charge in [0.15, 0.2) is 18.1 Å². The van der Waals surface area contributed by atoms with E-state index in [9.17, 15) is 9.59 Å². The van der Waals surface area contributed by atoms with Crippen molar-refractivity contribution in [2.24, 2.45) is 0 Å². The van der Waals surface area contributed by atoms with Crippen molar-refractivity contribution in [2.45, 2.75) is 32.7 Å². The Morgan fingerprint density at radius 1 is 0.944 bits per heavy atom. The molecule has 0 amide bonds. The van der Waals surface area contributed by atoms with Crippen LogP contribution in [-0.4, -0.2) is 42.1 Å². The summed E-state index contributed by atoms with van der Waals surface area (Å²) >= 11 is 0. The van der Waals surface area contributed by atoms with Gasteiger partial charge < -0.3 is 18.8 Å². The average molecular weight is 485 g/mol. The number of para-hydroxylation sites is 1. The number of methoxy groups -OCH3 is 2. The van der Waals surface area contributed by atoms with Gasteiger partial charge in [0, 0.05) is 33.9 Å². The van der Waals surface area contributed by atoms with E-state index >= 15 is 0 Å². The zero-order valence-corrected chi connectivity index (χ0v) is 20.8. The molecule has 0 atom stereocenters. The first-order valence-electron chi connectivity index (χ1n) is 11.9. The zero-order valence-electron chi connectivity index (χ0n) is 20.8. The van der Waals surface area contributed by atoms with Gasteiger partial charge in [-0.2, -0.15) is 0 Å². The Morgan fingerprint density at radius 2 is 1.69 bits per heavy atom. The van der Waals surface area contributed by atoms with Gasteiger partial charge in [-0.25, -0.2) is 9.78 Å². The maximum absolute atomic E-state index is 13.2. The highest BCUT2D eigenvalue weighted by atomic mass is 16.5. The van der Waals surface area contributed by atoms with E-state index in [1.807, 2.05) is 56.3 Å². The maximum Gasteiger partial charge on any atom is 0.339 e. The molecule has 7 heteroatoms. The fourth-order valence-corrected chi connectivity index (χ4v) is 4.73. The molecule has 184 valence electrons. The van der Waals surface area contributed by atoms with E-state index in [0.717, 1.165) is 29.8 Å². The number of carbonyl (C=O) groups excluding carboxylic acids is 2. The minimum Gasteiger partial charge on any atom is -0.493 e. The summed E-state index contributed by atoms with van der Waals surface area (Å²) in [6.45, 7) is 3.63. The van der Waals surface area contributed by atoms with Crippen LogP contribution in [0, 0.1) is 13.8 Å². The number of benzene rings is 2. The van der Waals surface area contributed by atoms with Crippen molar-refractivity contribution < 1.29 is 23.8 Å². The third kappa shape index (κ3) is 4.33. The summed E-state index contributed by atoms with van der Waals surface area (Å²) < 4.78 is 18.5. The van der Waals surface area contributed by atoms with E-state index in [0.29, 0.717) is 45.3 Å². The topological polar surface area (TPSA) is 79.7 Å². The van der Waals surface area contributed by atoms with Gasteiger partial charge in [0.25, 0.3) is 0 Å². The number of aromatic nitrogens is 2. The molecule has 0 bridgehead atoms. The molecule has 7 nitrogen and oxygen atoms in total. The lowest BCUT2D eigenvalue weighted by atomic mass is 10.0. The number of fused-ring (bicyclic) bond motifs is 1. The van der Waals surface area contributed by atoms with Crippen molar-refractivity contribution in [1.82, 2.24) is 9.55 Å². The number of hydrogen-bond donors (Lipinski definition) is 0. The van der Waals surface area contributed by atoms with Crippen molar-refractivity contribution in [3.63, 3.8) is 0 Å². The van der Waals surface area contributed by atoms with Crippen molar-refractivity contribution in [3.05, 3.63) is 77.1 Å². The summed E-state index contributed by atoms with van der Waals surface area (Å²) in [5, 5.41) is 0.658. The molecule has 2 aromatic carbocycles. The number of nitrogens with zero attached hydrogens (tertiary/aromatic N) is 2. The summed E-state index contributed by atoms with van der Waals surface area (Å²) in [4.78, 5) is 30.9. The second-order valence-electron chi connectivity index (χ2n) is 9.03. The number of ether oxygens (including phenoxy) is 3. The van der Waals surface area contributed by atoms with E-state index in [1.165, 1.54) is 0 Å². The number of Topliss-reactive ketones (excluding diaryl/α,β-unsaturated/α-hetero) is 1. The predicted molar refractivity (Wildman–Crippen MR) is 137 cm³/mol. The number of hydrogen-bond acceptors (Lipinski definition) is 6. The lowest BCUT2D eigenvalue weighted by Crippen LogP contribution is -2.15. The minimum absolute atomic E-state index is 0.207. The molecule has 0 N–H and O–H groups in total. The van der Waals surface area contributed by atoms with E-state index < -0.39 is 5.97 Å². The molecule has 0 radical (unpaired) electrons.